The van der Waals surface area contributed by atoms with Crippen molar-refractivity contribution in [2.75, 3.05) is 11.9 Å². The van der Waals surface area contributed by atoms with E-state index in [9.17, 15) is 9.59 Å². The van der Waals surface area contributed by atoms with Gasteiger partial charge in [0.15, 0.2) is 5.76 Å². The van der Waals surface area contributed by atoms with E-state index in [-0.39, 0.29) is 24.0 Å². The largest absolute Gasteiger partial charge is 0.484 e. The van der Waals surface area contributed by atoms with Crippen LogP contribution in [-0.2, 0) is 13.7 Å². The highest BCUT2D eigenvalue weighted by molar-refractivity contribution is 9.10. The number of amides is 2. The fraction of sp³-hybridized carbons (Fsp3) is 0.286. The van der Waals surface area contributed by atoms with E-state index in [1.807, 2.05) is 38.1 Å². The van der Waals surface area contributed by atoms with E-state index in [2.05, 4.69) is 31.7 Å². The Bertz CT molecular complexity index is 1040. The normalized spacial score (nSPS) is 10.8. The van der Waals surface area contributed by atoms with E-state index in [1.54, 1.807) is 19.2 Å². The zero-order valence-corrected chi connectivity index (χ0v) is 18.5. The van der Waals surface area contributed by atoms with E-state index >= 15 is 0 Å². The molecule has 2 amide bonds. The van der Waals surface area contributed by atoms with Crippen LogP contribution in [0.3, 0.4) is 0 Å². The topological polar surface area (TPSA) is 98.4 Å². The molecule has 3 aromatic rings. The van der Waals surface area contributed by atoms with Crippen LogP contribution in [0.4, 0.5) is 5.69 Å². The number of nitrogens with one attached hydrogen (secondary N) is 2. The van der Waals surface area contributed by atoms with Crippen LogP contribution < -0.4 is 15.4 Å². The maximum Gasteiger partial charge on any atom is 0.291 e. The maximum atomic E-state index is 12.6. The van der Waals surface area contributed by atoms with E-state index in [4.69, 9.17) is 9.15 Å². The summed E-state index contributed by atoms with van der Waals surface area (Å²) in [6, 6.07) is 10.7. The first-order valence-corrected chi connectivity index (χ1v) is 10.2. The summed E-state index contributed by atoms with van der Waals surface area (Å²) in [6.07, 6.45) is 1.43. The molecular weight excluding hydrogens is 452 g/mol. The number of carbonyl (C=O) groups excluding carboxylic acids is 2. The number of benzene rings is 1. The van der Waals surface area contributed by atoms with Gasteiger partial charge in [-0.05, 0) is 46.1 Å². The van der Waals surface area contributed by atoms with E-state index in [0.29, 0.717) is 29.7 Å². The number of ether oxygens (including phenoxy) is 1. The molecule has 0 fully saturated rings. The van der Waals surface area contributed by atoms with Gasteiger partial charge >= 0.3 is 0 Å². The molecule has 158 valence electrons. The lowest BCUT2D eigenvalue weighted by molar-refractivity contribution is 0.0940. The highest BCUT2D eigenvalue weighted by Crippen LogP contribution is 2.25. The average Bonchev–Trinajstić information content (AvgIpc) is 3.32. The first-order valence-electron chi connectivity index (χ1n) is 9.42. The van der Waals surface area contributed by atoms with Gasteiger partial charge in [-0.1, -0.05) is 26.0 Å². The van der Waals surface area contributed by atoms with Crippen LogP contribution in [0.25, 0.3) is 0 Å². The Morgan fingerprint density at radius 1 is 1.20 bits per heavy atom. The van der Waals surface area contributed by atoms with Gasteiger partial charge in [0.2, 0.25) is 0 Å². The third-order valence-electron chi connectivity index (χ3n) is 4.16. The van der Waals surface area contributed by atoms with Crippen LogP contribution >= 0.6 is 15.9 Å². The number of nitrogens with zero attached hydrogens (tertiary/aromatic N) is 2. The van der Waals surface area contributed by atoms with Crippen LogP contribution in [0.15, 0.2) is 51.5 Å². The van der Waals surface area contributed by atoms with Gasteiger partial charge in [-0.2, -0.15) is 5.10 Å². The Morgan fingerprint density at radius 3 is 2.70 bits per heavy atom. The Kier molecular flexibility index (Phi) is 6.94. The first-order chi connectivity index (χ1) is 14.3. The molecule has 0 aliphatic carbocycles. The van der Waals surface area contributed by atoms with Crippen LogP contribution in [0.1, 0.15) is 40.7 Å². The number of halogens is 1. The molecule has 2 heterocycles. The minimum atomic E-state index is -0.479. The average molecular weight is 475 g/mol. The fourth-order valence-electron chi connectivity index (χ4n) is 2.65. The number of furan rings is 1. The smallest absolute Gasteiger partial charge is 0.291 e. The van der Waals surface area contributed by atoms with Crippen molar-refractivity contribution in [3.63, 3.8) is 0 Å². The molecule has 0 aliphatic heterocycles. The summed E-state index contributed by atoms with van der Waals surface area (Å²) in [7, 11) is 1.64. The molecule has 0 bridgehead atoms. The molecule has 0 saturated carbocycles. The van der Waals surface area contributed by atoms with Gasteiger partial charge in [-0.15, -0.1) is 0 Å². The number of rotatable bonds is 8. The zero-order valence-electron chi connectivity index (χ0n) is 16.9. The summed E-state index contributed by atoms with van der Waals surface area (Å²) in [5.41, 5.74) is 0.583. The fourth-order valence-corrected chi connectivity index (χ4v) is 3.05. The van der Waals surface area contributed by atoms with E-state index in [0.717, 1.165) is 4.47 Å². The molecule has 30 heavy (non-hydrogen) atoms. The molecule has 8 nitrogen and oxygen atoms in total. The number of para-hydroxylation sites is 1. The molecule has 0 radical (unpaired) electrons. The Morgan fingerprint density at radius 2 is 1.97 bits per heavy atom. The first kappa shape index (κ1) is 21.6. The molecule has 0 unspecified atom stereocenters. The van der Waals surface area contributed by atoms with Gasteiger partial charge in [0, 0.05) is 13.6 Å². The highest BCUT2D eigenvalue weighted by Gasteiger charge is 2.20. The number of carbonyl (C=O) groups is 2. The quantitative estimate of drug-likeness (QED) is 0.514. The molecule has 0 atom stereocenters. The van der Waals surface area contributed by atoms with Crippen LogP contribution in [-0.4, -0.2) is 28.1 Å². The minimum absolute atomic E-state index is 0.109. The molecule has 0 saturated heterocycles. The van der Waals surface area contributed by atoms with Crippen molar-refractivity contribution in [3.05, 3.63) is 64.3 Å². The Labute approximate surface area is 182 Å². The van der Waals surface area contributed by atoms with E-state index in [1.165, 1.54) is 10.9 Å². The van der Waals surface area contributed by atoms with Crippen LogP contribution in [0.5, 0.6) is 5.75 Å². The zero-order chi connectivity index (χ0) is 21.7. The van der Waals surface area contributed by atoms with Crippen molar-refractivity contribution >= 4 is 33.4 Å². The predicted octanol–water partition coefficient (Wildman–Crippen LogP) is 3.99. The second kappa shape index (κ2) is 9.62. The van der Waals surface area contributed by atoms with Crippen molar-refractivity contribution in [1.82, 2.24) is 15.1 Å². The second-order valence-electron chi connectivity index (χ2n) is 7.07. The summed E-state index contributed by atoms with van der Waals surface area (Å²) in [5.74, 6) is 0.803. The van der Waals surface area contributed by atoms with Crippen LogP contribution in [0.2, 0.25) is 0 Å². The predicted molar refractivity (Wildman–Crippen MR) is 116 cm³/mol. The third-order valence-corrected chi connectivity index (χ3v) is 4.82. The standard InChI is InChI=1S/C21H23BrN4O4/c1-13(2)10-23-21(28)19-16(11-24-26(19)3)25-20(27)18-9-8-14(30-18)12-29-17-7-5-4-6-15(17)22/h4-9,11,13H,10,12H2,1-3H3,(H,23,28)(H,25,27). The van der Waals surface area contributed by atoms with Crippen molar-refractivity contribution in [1.29, 1.82) is 0 Å². The minimum Gasteiger partial charge on any atom is -0.484 e. The molecule has 0 aliphatic rings. The molecule has 0 spiro atoms. The van der Waals surface area contributed by atoms with Gasteiger partial charge in [0.1, 0.15) is 23.8 Å². The van der Waals surface area contributed by atoms with E-state index < -0.39 is 5.91 Å². The molecule has 1 aromatic carbocycles. The number of aryl methyl sites for hydroxylation is 1. The Hall–Kier alpha value is -3.07. The number of aromatic nitrogens is 2. The number of anilines is 1. The summed E-state index contributed by atoms with van der Waals surface area (Å²) < 4.78 is 13.5. The molecule has 3 rings (SSSR count). The lowest BCUT2D eigenvalue weighted by Crippen LogP contribution is -2.30. The number of hydrogen-bond donors (Lipinski definition) is 2. The van der Waals surface area contributed by atoms with Gasteiger partial charge in [-0.3, -0.25) is 14.3 Å². The Balaban J connectivity index is 1.65. The highest BCUT2D eigenvalue weighted by atomic mass is 79.9. The summed E-state index contributed by atoms with van der Waals surface area (Å²) >= 11 is 3.41. The van der Waals surface area contributed by atoms with Crippen molar-refractivity contribution in [3.8, 4) is 5.75 Å². The lowest BCUT2D eigenvalue weighted by Gasteiger charge is -2.10. The lowest BCUT2D eigenvalue weighted by atomic mass is 10.2. The van der Waals surface area contributed by atoms with Crippen molar-refractivity contribution in [2.24, 2.45) is 13.0 Å². The molecular formula is C21H23BrN4O4. The maximum absolute atomic E-state index is 12.6. The SMILES string of the molecule is CC(C)CNC(=O)c1c(NC(=O)c2ccc(COc3ccccc3Br)o2)cnn1C. The molecule has 2 aromatic heterocycles. The van der Waals surface area contributed by atoms with Gasteiger partial charge in [0.25, 0.3) is 11.8 Å². The van der Waals surface area contributed by atoms with Crippen molar-refractivity contribution < 1.29 is 18.7 Å². The number of hydrogen-bond acceptors (Lipinski definition) is 5. The summed E-state index contributed by atoms with van der Waals surface area (Å²) in [4.78, 5) is 25.0. The van der Waals surface area contributed by atoms with Crippen LogP contribution in [0, 0.1) is 5.92 Å². The monoisotopic (exact) mass is 474 g/mol. The molecule has 9 heteroatoms. The molecule has 2 N–H and O–H groups in total. The van der Waals surface area contributed by atoms with Gasteiger partial charge < -0.3 is 19.8 Å². The second-order valence-corrected chi connectivity index (χ2v) is 7.93. The summed E-state index contributed by atoms with van der Waals surface area (Å²) in [6.45, 7) is 4.70. The van der Waals surface area contributed by atoms with Gasteiger partial charge in [-0.25, -0.2) is 0 Å². The van der Waals surface area contributed by atoms with Gasteiger partial charge in [0.05, 0.1) is 16.4 Å². The van der Waals surface area contributed by atoms with Crippen molar-refractivity contribution in [2.45, 2.75) is 20.5 Å². The summed E-state index contributed by atoms with van der Waals surface area (Å²) in [5, 5.41) is 9.59. The third kappa shape index (κ3) is 5.29.